The summed E-state index contributed by atoms with van der Waals surface area (Å²) in [7, 11) is 3.12. The van der Waals surface area contributed by atoms with Crippen LogP contribution in [-0.4, -0.2) is 35.8 Å². The molecule has 2 heterocycles. The average Bonchev–Trinajstić information content (AvgIpc) is 2.54. The molecule has 0 bridgehead atoms. The maximum Gasteiger partial charge on any atom is 0.225 e. The van der Waals surface area contributed by atoms with Crippen molar-refractivity contribution in [2.75, 3.05) is 26.1 Å². The SMILES string of the molecule is CCOc1ccc(NCc2c(OC)ncnc2OC)cn1. The third-order valence-corrected chi connectivity index (χ3v) is 2.75. The average molecular weight is 290 g/mol. The van der Waals surface area contributed by atoms with Gasteiger partial charge < -0.3 is 19.5 Å². The number of hydrogen-bond donors (Lipinski definition) is 1. The molecule has 0 aromatic carbocycles. The largest absolute Gasteiger partial charge is 0.481 e. The van der Waals surface area contributed by atoms with Crippen molar-refractivity contribution in [3.05, 3.63) is 30.2 Å². The summed E-state index contributed by atoms with van der Waals surface area (Å²) in [5, 5.41) is 3.22. The van der Waals surface area contributed by atoms with E-state index in [-0.39, 0.29) is 0 Å². The quantitative estimate of drug-likeness (QED) is 0.834. The fraction of sp³-hybridized carbons (Fsp3) is 0.357. The van der Waals surface area contributed by atoms with Crippen LogP contribution in [0.4, 0.5) is 5.69 Å². The first-order valence-electron chi connectivity index (χ1n) is 6.53. The number of hydrogen-bond acceptors (Lipinski definition) is 7. The first kappa shape index (κ1) is 14.8. The lowest BCUT2D eigenvalue weighted by Crippen LogP contribution is -2.07. The molecule has 0 amide bonds. The van der Waals surface area contributed by atoms with Crippen LogP contribution < -0.4 is 19.5 Å². The van der Waals surface area contributed by atoms with E-state index in [0.717, 1.165) is 11.3 Å². The van der Waals surface area contributed by atoms with Gasteiger partial charge in [0, 0.05) is 6.07 Å². The van der Waals surface area contributed by atoms with Crippen LogP contribution in [-0.2, 0) is 6.54 Å². The van der Waals surface area contributed by atoms with Crippen molar-refractivity contribution in [1.29, 1.82) is 0 Å². The smallest absolute Gasteiger partial charge is 0.225 e. The van der Waals surface area contributed by atoms with Crippen LogP contribution in [0.25, 0.3) is 0 Å². The highest BCUT2D eigenvalue weighted by atomic mass is 16.5. The Balaban J connectivity index is 2.08. The van der Waals surface area contributed by atoms with Gasteiger partial charge >= 0.3 is 0 Å². The second-order valence-corrected chi connectivity index (χ2v) is 4.04. The molecule has 0 saturated heterocycles. The highest BCUT2D eigenvalue weighted by Crippen LogP contribution is 2.24. The van der Waals surface area contributed by atoms with Crippen LogP contribution in [0.5, 0.6) is 17.6 Å². The van der Waals surface area contributed by atoms with Crippen LogP contribution in [0.3, 0.4) is 0 Å². The standard InChI is InChI=1S/C14H18N4O3/c1-4-21-12-6-5-10(7-16-12)15-8-11-13(19-2)17-9-18-14(11)20-3/h5-7,9,15H,4,8H2,1-3H3. The Morgan fingerprint density at radius 3 is 2.29 bits per heavy atom. The van der Waals surface area contributed by atoms with E-state index < -0.39 is 0 Å². The van der Waals surface area contributed by atoms with E-state index in [1.807, 2.05) is 19.1 Å². The van der Waals surface area contributed by atoms with Crippen molar-refractivity contribution in [2.24, 2.45) is 0 Å². The highest BCUT2D eigenvalue weighted by Gasteiger charge is 2.12. The molecule has 0 unspecified atom stereocenters. The van der Waals surface area contributed by atoms with E-state index in [0.29, 0.717) is 30.8 Å². The molecule has 112 valence electrons. The molecule has 7 heteroatoms. The molecular weight excluding hydrogens is 272 g/mol. The van der Waals surface area contributed by atoms with Gasteiger partial charge in [0.15, 0.2) is 0 Å². The van der Waals surface area contributed by atoms with Crippen LogP contribution in [0.15, 0.2) is 24.7 Å². The summed E-state index contributed by atoms with van der Waals surface area (Å²) >= 11 is 0. The molecule has 2 aromatic heterocycles. The number of rotatable bonds is 7. The van der Waals surface area contributed by atoms with E-state index in [9.17, 15) is 0 Å². The third kappa shape index (κ3) is 3.71. The molecule has 1 N–H and O–H groups in total. The molecule has 0 atom stereocenters. The number of pyridine rings is 1. The summed E-state index contributed by atoms with van der Waals surface area (Å²) in [5.41, 5.74) is 1.60. The summed E-state index contributed by atoms with van der Waals surface area (Å²) in [6.07, 6.45) is 3.10. The summed E-state index contributed by atoms with van der Waals surface area (Å²) in [5.74, 6) is 1.56. The first-order valence-corrected chi connectivity index (χ1v) is 6.53. The summed E-state index contributed by atoms with van der Waals surface area (Å²) in [6, 6.07) is 3.70. The van der Waals surface area contributed by atoms with Crippen molar-refractivity contribution in [3.63, 3.8) is 0 Å². The second kappa shape index (κ2) is 7.28. The van der Waals surface area contributed by atoms with Crippen molar-refractivity contribution >= 4 is 5.69 Å². The Hall–Kier alpha value is -2.57. The van der Waals surface area contributed by atoms with Gasteiger partial charge in [0.1, 0.15) is 6.33 Å². The van der Waals surface area contributed by atoms with Crippen molar-refractivity contribution in [3.8, 4) is 17.6 Å². The van der Waals surface area contributed by atoms with Gasteiger partial charge in [-0.15, -0.1) is 0 Å². The number of nitrogens with zero attached hydrogens (tertiary/aromatic N) is 3. The first-order chi connectivity index (χ1) is 10.3. The van der Waals surface area contributed by atoms with Gasteiger partial charge in [-0.1, -0.05) is 0 Å². The van der Waals surface area contributed by atoms with Gasteiger partial charge in [0.05, 0.1) is 44.8 Å². The third-order valence-electron chi connectivity index (χ3n) is 2.75. The Bertz CT molecular complexity index is 553. The maximum atomic E-state index is 5.30. The fourth-order valence-electron chi connectivity index (χ4n) is 1.79. The van der Waals surface area contributed by atoms with E-state index in [4.69, 9.17) is 14.2 Å². The highest BCUT2D eigenvalue weighted by molar-refractivity contribution is 5.45. The van der Waals surface area contributed by atoms with Crippen LogP contribution in [0, 0.1) is 0 Å². The molecule has 0 spiro atoms. The Kier molecular flexibility index (Phi) is 5.14. The lowest BCUT2D eigenvalue weighted by Gasteiger charge is -2.12. The molecule has 2 rings (SSSR count). The normalized spacial score (nSPS) is 10.0. The van der Waals surface area contributed by atoms with E-state index in [1.54, 1.807) is 20.4 Å². The maximum absolute atomic E-state index is 5.30. The Morgan fingerprint density at radius 2 is 1.76 bits per heavy atom. The molecule has 0 saturated carbocycles. The van der Waals surface area contributed by atoms with Gasteiger partial charge in [-0.25, -0.2) is 15.0 Å². The monoisotopic (exact) mass is 290 g/mol. The van der Waals surface area contributed by atoms with Gasteiger partial charge in [0.25, 0.3) is 0 Å². The molecule has 0 radical (unpaired) electrons. The molecule has 21 heavy (non-hydrogen) atoms. The van der Waals surface area contributed by atoms with Gasteiger partial charge in [-0.05, 0) is 13.0 Å². The zero-order valence-electron chi connectivity index (χ0n) is 12.3. The Labute approximate surface area is 123 Å². The molecule has 7 nitrogen and oxygen atoms in total. The minimum absolute atomic E-state index is 0.461. The molecule has 2 aromatic rings. The number of ether oxygens (including phenoxy) is 3. The lowest BCUT2D eigenvalue weighted by atomic mass is 10.3. The number of aromatic nitrogens is 3. The summed E-state index contributed by atoms with van der Waals surface area (Å²) in [6.45, 7) is 2.97. The van der Waals surface area contributed by atoms with Crippen LogP contribution >= 0.6 is 0 Å². The van der Waals surface area contributed by atoms with Gasteiger partial charge in [-0.2, -0.15) is 0 Å². The Morgan fingerprint density at radius 1 is 1.05 bits per heavy atom. The zero-order valence-corrected chi connectivity index (χ0v) is 12.3. The van der Waals surface area contributed by atoms with Crippen molar-refractivity contribution in [2.45, 2.75) is 13.5 Å². The van der Waals surface area contributed by atoms with Gasteiger partial charge in [0.2, 0.25) is 17.6 Å². The lowest BCUT2D eigenvalue weighted by molar-refractivity contribution is 0.327. The summed E-state index contributed by atoms with van der Waals surface area (Å²) in [4.78, 5) is 12.3. The number of anilines is 1. The van der Waals surface area contributed by atoms with E-state index in [1.165, 1.54) is 6.33 Å². The van der Waals surface area contributed by atoms with Gasteiger partial charge in [-0.3, -0.25) is 0 Å². The summed E-state index contributed by atoms with van der Waals surface area (Å²) < 4.78 is 15.7. The molecule has 0 aliphatic carbocycles. The van der Waals surface area contributed by atoms with Crippen LogP contribution in [0.2, 0.25) is 0 Å². The van der Waals surface area contributed by atoms with Crippen molar-refractivity contribution < 1.29 is 14.2 Å². The predicted octanol–water partition coefficient (Wildman–Crippen LogP) is 1.90. The number of nitrogens with one attached hydrogen (secondary N) is 1. The topological polar surface area (TPSA) is 78.4 Å². The zero-order chi connectivity index (χ0) is 15.1. The molecule has 0 aliphatic rings. The fourth-order valence-corrected chi connectivity index (χ4v) is 1.79. The predicted molar refractivity (Wildman–Crippen MR) is 77.9 cm³/mol. The number of methoxy groups -OCH3 is 2. The van der Waals surface area contributed by atoms with Crippen molar-refractivity contribution in [1.82, 2.24) is 15.0 Å². The molecular formula is C14H18N4O3. The van der Waals surface area contributed by atoms with E-state index in [2.05, 4.69) is 20.3 Å². The van der Waals surface area contributed by atoms with Crippen LogP contribution in [0.1, 0.15) is 12.5 Å². The minimum atomic E-state index is 0.461. The second-order valence-electron chi connectivity index (χ2n) is 4.04. The van der Waals surface area contributed by atoms with E-state index >= 15 is 0 Å². The minimum Gasteiger partial charge on any atom is -0.481 e. The molecule has 0 fully saturated rings. The molecule has 0 aliphatic heterocycles.